The molecule has 0 spiro atoms. The van der Waals surface area contributed by atoms with Crippen LogP contribution in [0.5, 0.6) is 0 Å². The van der Waals surface area contributed by atoms with E-state index in [-0.39, 0.29) is 6.04 Å². The second-order valence-electron chi connectivity index (χ2n) is 5.74. The van der Waals surface area contributed by atoms with Gasteiger partial charge in [-0.3, -0.25) is 0 Å². The minimum atomic E-state index is 0.210. The molecule has 1 saturated heterocycles. The molecule has 1 heterocycles. The van der Waals surface area contributed by atoms with Crippen molar-refractivity contribution in [1.29, 1.82) is 0 Å². The normalized spacial score (nSPS) is 22.6. The van der Waals surface area contributed by atoms with Crippen LogP contribution in [0.15, 0.2) is 22.7 Å². The zero-order valence-corrected chi connectivity index (χ0v) is 13.7. The lowest BCUT2D eigenvalue weighted by atomic mass is 10.1. The van der Waals surface area contributed by atoms with Crippen LogP contribution >= 0.6 is 15.9 Å². The van der Waals surface area contributed by atoms with Crippen LogP contribution in [0.4, 0.5) is 5.69 Å². The SMILES string of the molecule is CC(N)Cc1ccc(N2CCN(C)C(C)C2)c(Br)c1. The standard InChI is InChI=1S/C15H24BrN3/c1-11(17)8-13-4-5-15(14(16)9-13)19-7-6-18(3)12(2)10-19/h4-5,9,11-12H,6-8,10,17H2,1-3H3. The summed E-state index contributed by atoms with van der Waals surface area (Å²) in [6.45, 7) is 7.62. The molecule has 3 nitrogen and oxygen atoms in total. The molecule has 1 aromatic carbocycles. The summed E-state index contributed by atoms with van der Waals surface area (Å²) in [4.78, 5) is 4.87. The first-order chi connectivity index (χ1) is 8.97. The fourth-order valence-electron chi connectivity index (χ4n) is 2.57. The van der Waals surface area contributed by atoms with Crippen LogP contribution in [0.25, 0.3) is 0 Å². The Hall–Kier alpha value is -0.580. The minimum absolute atomic E-state index is 0.210. The molecule has 0 amide bonds. The summed E-state index contributed by atoms with van der Waals surface area (Å²) in [5.41, 5.74) is 8.46. The smallest absolute Gasteiger partial charge is 0.0511 e. The van der Waals surface area contributed by atoms with E-state index in [2.05, 4.69) is 57.9 Å². The van der Waals surface area contributed by atoms with Gasteiger partial charge in [0.15, 0.2) is 0 Å². The molecule has 2 rings (SSSR count). The Morgan fingerprint density at radius 3 is 2.74 bits per heavy atom. The predicted molar refractivity (Wildman–Crippen MR) is 85.8 cm³/mol. The van der Waals surface area contributed by atoms with Gasteiger partial charge in [0.05, 0.1) is 5.69 Å². The quantitative estimate of drug-likeness (QED) is 0.926. The molecule has 1 aliphatic rings. The third-order valence-electron chi connectivity index (χ3n) is 3.87. The van der Waals surface area contributed by atoms with E-state index in [4.69, 9.17) is 5.73 Å². The number of hydrogen-bond donors (Lipinski definition) is 1. The number of benzene rings is 1. The lowest BCUT2D eigenvalue weighted by Crippen LogP contribution is -2.50. The molecule has 2 N–H and O–H groups in total. The number of rotatable bonds is 3. The van der Waals surface area contributed by atoms with Crippen LogP contribution < -0.4 is 10.6 Å². The molecule has 19 heavy (non-hydrogen) atoms. The van der Waals surface area contributed by atoms with Crippen LogP contribution in [0.2, 0.25) is 0 Å². The summed E-state index contributed by atoms with van der Waals surface area (Å²) in [6, 6.07) is 7.44. The van der Waals surface area contributed by atoms with Gasteiger partial charge in [0.1, 0.15) is 0 Å². The zero-order valence-electron chi connectivity index (χ0n) is 12.1. The summed E-state index contributed by atoms with van der Waals surface area (Å²) >= 11 is 3.71. The van der Waals surface area contributed by atoms with Gasteiger partial charge in [0.2, 0.25) is 0 Å². The maximum absolute atomic E-state index is 5.86. The topological polar surface area (TPSA) is 32.5 Å². The van der Waals surface area contributed by atoms with E-state index in [0.29, 0.717) is 6.04 Å². The summed E-state index contributed by atoms with van der Waals surface area (Å²) < 4.78 is 1.18. The van der Waals surface area contributed by atoms with Crippen molar-refractivity contribution in [3.63, 3.8) is 0 Å². The highest BCUT2D eigenvalue weighted by molar-refractivity contribution is 9.10. The van der Waals surface area contributed by atoms with Crippen molar-refractivity contribution in [3.05, 3.63) is 28.2 Å². The van der Waals surface area contributed by atoms with Gasteiger partial charge in [-0.15, -0.1) is 0 Å². The number of hydrogen-bond acceptors (Lipinski definition) is 3. The first-order valence-electron chi connectivity index (χ1n) is 6.96. The summed E-state index contributed by atoms with van der Waals surface area (Å²) in [5.74, 6) is 0. The molecule has 0 radical (unpaired) electrons. The first-order valence-corrected chi connectivity index (χ1v) is 7.76. The molecule has 1 fully saturated rings. The molecule has 0 bridgehead atoms. The van der Waals surface area contributed by atoms with Crippen LogP contribution in [-0.4, -0.2) is 43.7 Å². The lowest BCUT2D eigenvalue weighted by molar-refractivity contribution is 0.234. The Balaban J connectivity index is 2.12. The van der Waals surface area contributed by atoms with Gasteiger partial charge < -0.3 is 15.5 Å². The van der Waals surface area contributed by atoms with Crippen LogP contribution in [0, 0.1) is 0 Å². The van der Waals surface area contributed by atoms with E-state index in [1.165, 1.54) is 15.7 Å². The molecule has 1 aliphatic heterocycles. The Morgan fingerprint density at radius 2 is 2.16 bits per heavy atom. The highest BCUT2D eigenvalue weighted by Gasteiger charge is 2.22. The molecular weight excluding hydrogens is 302 g/mol. The van der Waals surface area contributed by atoms with Crippen LogP contribution in [0.3, 0.4) is 0 Å². The lowest BCUT2D eigenvalue weighted by Gasteiger charge is -2.39. The third-order valence-corrected chi connectivity index (χ3v) is 4.51. The fourth-order valence-corrected chi connectivity index (χ4v) is 3.25. The second kappa shape index (κ2) is 6.25. The number of nitrogens with zero attached hydrogens (tertiary/aromatic N) is 2. The number of halogens is 1. The van der Waals surface area contributed by atoms with Crippen molar-refractivity contribution in [1.82, 2.24) is 4.90 Å². The first kappa shape index (κ1) is 14.8. The van der Waals surface area contributed by atoms with E-state index in [1.807, 2.05) is 6.92 Å². The van der Waals surface area contributed by atoms with Gasteiger partial charge in [0.25, 0.3) is 0 Å². The van der Waals surface area contributed by atoms with Gasteiger partial charge in [-0.05, 0) is 60.9 Å². The molecule has 4 heteroatoms. The average molecular weight is 326 g/mol. The van der Waals surface area contributed by atoms with Crippen molar-refractivity contribution in [3.8, 4) is 0 Å². The van der Waals surface area contributed by atoms with E-state index in [0.717, 1.165) is 26.1 Å². The van der Waals surface area contributed by atoms with Gasteiger partial charge in [-0.2, -0.15) is 0 Å². The van der Waals surface area contributed by atoms with Crippen LogP contribution in [0.1, 0.15) is 19.4 Å². The van der Waals surface area contributed by atoms with E-state index in [9.17, 15) is 0 Å². The average Bonchev–Trinajstić information content (AvgIpc) is 2.32. The van der Waals surface area contributed by atoms with Crippen molar-refractivity contribution >= 4 is 21.6 Å². The molecule has 0 aliphatic carbocycles. The third kappa shape index (κ3) is 3.71. The summed E-state index contributed by atoms with van der Waals surface area (Å²) in [7, 11) is 2.20. The largest absolute Gasteiger partial charge is 0.368 e. The highest BCUT2D eigenvalue weighted by Crippen LogP contribution is 2.29. The minimum Gasteiger partial charge on any atom is -0.368 e. The molecular formula is C15H24BrN3. The van der Waals surface area contributed by atoms with Gasteiger partial charge in [0, 0.05) is 36.2 Å². The Bertz CT molecular complexity index is 433. The molecule has 2 atom stereocenters. The van der Waals surface area contributed by atoms with Gasteiger partial charge >= 0.3 is 0 Å². The highest BCUT2D eigenvalue weighted by atomic mass is 79.9. The number of anilines is 1. The number of likely N-dealkylation sites (N-methyl/N-ethyl adjacent to an activating group) is 1. The van der Waals surface area contributed by atoms with Gasteiger partial charge in [-0.25, -0.2) is 0 Å². The Labute approximate surface area is 124 Å². The number of nitrogens with two attached hydrogens (primary N) is 1. The summed E-state index contributed by atoms with van der Waals surface area (Å²) in [6.07, 6.45) is 0.929. The van der Waals surface area contributed by atoms with Crippen molar-refractivity contribution in [2.24, 2.45) is 5.73 Å². The predicted octanol–water partition coefficient (Wildman–Crippen LogP) is 2.48. The Kier molecular flexibility index (Phi) is 4.87. The van der Waals surface area contributed by atoms with Crippen molar-refractivity contribution < 1.29 is 0 Å². The molecule has 0 saturated carbocycles. The molecule has 106 valence electrons. The maximum Gasteiger partial charge on any atom is 0.0511 e. The van der Waals surface area contributed by atoms with E-state index in [1.54, 1.807) is 0 Å². The van der Waals surface area contributed by atoms with Crippen molar-refractivity contribution in [2.45, 2.75) is 32.4 Å². The van der Waals surface area contributed by atoms with E-state index < -0.39 is 0 Å². The molecule has 2 unspecified atom stereocenters. The second-order valence-corrected chi connectivity index (χ2v) is 6.60. The monoisotopic (exact) mass is 325 g/mol. The van der Waals surface area contributed by atoms with Crippen molar-refractivity contribution in [2.75, 3.05) is 31.6 Å². The molecule has 1 aromatic rings. The van der Waals surface area contributed by atoms with Gasteiger partial charge in [-0.1, -0.05) is 6.07 Å². The Morgan fingerprint density at radius 1 is 1.42 bits per heavy atom. The van der Waals surface area contributed by atoms with Crippen LogP contribution in [-0.2, 0) is 6.42 Å². The number of piperazine rings is 1. The van der Waals surface area contributed by atoms with E-state index >= 15 is 0 Å². The molecule has 0 aromatic heterocycles. The fraction of sp³-hybridized carbons (Fsp3) is 0.600. The summed E-state index contributed by atoms with van der Waals surface area (Å²) in [5, 5.41) is 0. The zero-order chi connectivity index (χ0) is 14.0. The maximum atomic E-state index is 5.86.